The Hall–Kier alpha value is -2.30. The van der Waals surface area contributed by atoms with Crippen molar-refractivity contribution < 1.29 is 9.53 Å². The largest absolute Gasteiger partial charge is 0.493 e. The molecule has 0 saturated heterocycles. The van der Waals surface area contributed by atoms with Gasteiger partial charge in [0, 0.05) is 30.4 Å². The second-order valence-electron chi connectivity index (χ2n) is 5.02. The Morgan fingerprint density at radius 2 is 2.45 bits per heavy atom. The molecule has 5 nitrogen and oxygen atoms in total. The number of nitrogens with one attached hydrogen (secondary N) is 1. The zero-order valence-electron chi connectivity index (χ0n) is 11.4. The Bertz CT molecular complexity index is 608. The number of hydrogen-bond donors (Lipinski definition) is 1. The predicted octanol–water partition coefficient (Wildman–Crippen LogP) is 1.64. The van der Waals surface area contributed by atoms with Crippen LogP contribution >= 0.6 is 0 Å². The molecule has 2 aromatic rings. The Balaban J connectivity index is 1.64. The third kappa shape index (κ3) is 2.66. The van der Waals surface area contributed by atoms with Crippen molar-refractivity contribution >= 4 is 5.91 Å². The standard InChI is InChI=1S/C15H17N3O2/c1-11(10-18-7-2-6-16-18)17-15(19)13-3-4-14-12(9-13)5-8-20-14/h2-4,6-7,9,11H,5,8,10H2,1H3,(H,17,19). The summed E-state index contributed by atoms with van der Waals surface area (Å²) in [4.78, 5) is 12.2. The first-order valence-electron chi connectivity index (χ1n) is 6.76. The van der Waals surface area contributed by atoms with Gasteiger partial charge in [0.15, 0.2) is 0 Å². The zero-order chi connectivity index (χ0) is 13.9. The highest BCUT2D eigenvalue weighted by molar-refractivity contribution is 5.94. The van der Waals surface area contributed by atoms with Gasteiger partial charge in [0.1, 0.15) is 5.75 Å². The molecule has 104 valence electrons. The lowest BCUT2D eigenvalue weighted by Crippen LogP contribution is -2.35. The van der Waals surface area contributed by atoms with Gasteiger partial charge in [-0.3, -0.25) is 9.48 Å². The van der Waals surface area contributed by atoms with Gasteiger partial charge in [-0.1, -0.05) is 0 Å². The summed E-state index contributed by atoms with van der Waals surface area (Å²) in [6.45, 7) is 3.33. The first-order valence-corrected chi connectivity index (χ1v) is 6.76. The van der Waals surface area contributed by atoms with Crippen molar-refractivity contribution in [3.63, 3.8) is 0 Å². The molecule has 1 N–H and O–H groups in total. The number of rotatable bonds is 4. The van der Waals surface area contributed by atoms with Gasteiger partial charge >= 0.3 is 0 Å². The van der Waals surface area contributed by atoms with Crippen LogP contribution in [0.4, 0.5) is 0 Å². The van der Waals surface area contributed by atoms with Crippen LogP contribution in [0.2, 0.25) is 0 Å². The molecule has 0 spiro atoms. The van der Waals surface area contributed by atoms with Gasteiger partial charge < -0.3 is 10.1 Å². The van der Waals surface area contributed by atoms with E-state index in [0.717, 1.165) is 17.7 Å². The fourth-order valence-electron chi connectivity index (χ4n) is 2.37. The maximum atomic E-state index is 12.2. The van der Waals surface area contributed by atoms with Crippen molar-refractivity contribution in [1.82, 2.24) is 15.1 Å². The molecule has 1 atom stereocenters. The lowest BCUT2D eigenvalue weighted by Gasteiger charge is -2.14. The number of hydrogen-bond acceptors (Lipinski definition) is 3. The van der Waals surface area contributed by atoms with Gasteiger partial charge in [-0.25, -0.2) is 0 Å². The number of carbonyl (C=O) groups excluding carboxylic acids is 1. The summed E-state index contributed by atoms with van der Waals surface area (Å²) >= 11 is 0. The molecule has 20 heavy (non-hydrogen) atoms. The first-order chi connectivity index (χ1) is 9.72. The van der Waals surface area contributed by atoms with E-state index in [0.29, 0.717) is 18.7 Å². The van der Waals surface area contributed by atoms with Gasteiger partial charge in [-0.2, -0.15) is 5.10 Å². The molecule has 1 aliphatic rings. The minimum atomic E-state index is -0.0562. The number of ether oxygens (including phenoxy) is 1. The molecule has 0 radical (unpaired) electrons. The number of fused-ring (bicyclic) bond motifs is 1. The van der Waals surface area contributed by atoms with Gasteiger partial charge in [0.05, 0.1) is 13.2 Å². The fraction of sp³-hybridized carbons (Fsp3) is 0.333. The third-order valence-corrected chi connectivity index (χ3v) is 3.35. The topological polar surface area (TPSA) is 56.2 Å². The average Bonchev–Trinajstić information content (AvgIpc) is 3.07. The van der Waals surface area contributed by atoms with Crippen LogP contribution < -0.4 is 10.1 Å². The maximum Gasteiger partial charge on any atom is 0.251 e. The number of nitrogens with zero attached hydrogens (tertiary/aromatic N) is 2. The van der Waals surface area contributed by atoms with E-state index in [2.05, 4.69) is 10.4 Å². The normalized spacial score (nSPS) is 14.4. The summed E-state index contributed by atoms with van der Waals surface area (Å²) in [6.07, 6.45) is 4.49. The summed E-state index contributed by atoms with van der Waals surface area (Å²) in [5, 5.41) is 7.12. The minimum Gasteiger partial charge on any atom is -0.493 e. The molecule has 5 heteroatoms. The lowest BCUT2D eigenvalue weighted by atomic mass is 10.1. The summed E-state index contributed by atoms with van der Waals surface area (Å²) in [5.41, 5.74) is 1.79. The smallest absolute Gasteiger partial charge is 0.251 e. The van der Waals surface area contributed by atoms with Crippen LogP contribution in [-0.2, 0) is 13.0 Å². The summed E-state index contributed by atoms with van der Waals surface area (Å²) in [7, 11) is 0. The molecule has 0 bridgehead atoms. The van der Waals surface area contributed by atoms with E-state index in [1.165, 1.54) is 0 Å². The molecule has 0 fully saturated rings. The van der Waals surface area contributed by atoms with Gasteiger partial charge in [0.25, 0.3) is 5.91 Å². The predicted molar refractivity (Wildman–Crippen MR) is 74.8 cm³/mol. The molecule has 0 saturated carbocycles. The molecule has 3 rings (SSSR count). The molecule has 1 aromatic carbocycles. The number of amides is 1. The van der Waals surface area contributed by atoms with E-state index < -0.39 is 0 Å². The van der Waals surface area contributed by atoms with E-state index in [1.54, 1.807) is 12.3 Å². The summed E-state index contributed by atoms with van der Waals surface area (Å²) in [5.74, 6) is 0.838. The lowest BCUT2D eigenvalue weighted by molar-refractivity contribution is 0.0936. The molecule has 0 aliphatic carbocycles. The van der Waals surface area contributed by atoms with Gasteiger partial charge in [-0.05, 0) is 36.8 Å². The van der Waals surface area contributed by atoms with Crippen LogP contribution in [0.15, 0.2) is 36.7 Å². The SMILES string of the molecule is CC(Cn1cccn1)NC(=O)c1ccc2c(c1)CCO2. The van der Waals surface area contributed by atoms with E-state index in [1.807, 2.05) is 36.0 Å². The molecule has 2 heterocycles. The van der Waals surface area contributed by atoms with Crippen LogP contribution in [0.1, 0.15) is 22.8 Å². The Morgan fingerprint density at radius 3 is 3.25 bits per heavy atom. The molecule has 1 unspecified atom stereocenters. The van der Waals surface area contributed by atoms with Gasteiger partial charge in [0.2, 0.25) is 0 Å². The number of aromatic nitrogens is 2. The van der Waals surface area contributed by atoms with E-state index in [-0.39, 0.29) is 11.9 Å². The summed E-state index contributed by atoms with van der Waals surface area (Å²) < 4.78 is 7.25. The Labute approximate surface area is 117 Å². The van der Waals surface area contributed by atoms with Crippen LogP contribution in [0.5, 0.6) is 5.75 Å². The van der Waals surface area contributed by atoms with Crippen LogP contribution in [-0.4, -0.2) is 28.3 Å². The van der Waals surface area contributed by atoms with E-state index in [9.17, 15) is 4.79 Å². The highest BCUT2D eigenvalue weighted by Gasteiger charge is 2.16. The minimum absolute atomic E-state index is 0.0203. The number of benzene rings is 1. The van der Waals surface area contributed by atoms with Gasteiger partial charge in [-0.15, -0.1) is 0 Å². The Morgan fingerprint density at radius 1 is 1.55 bits per heavy atom. The summed E-state index contributed by atoms with van der Waals surface area (Å²) in [6, 6.07) is 7.48. The average molecular weight is 271 g/mol. The monoisotopic (exact) mass is 271 g/mol. The van der Waals surface area contributed by atoms with E-state index >= 15 is 0 Å². The second-order valence-corrected chi connectivity index (χ2v) is 5.02. The molecular formula is C15H17N3O2. The van der Waals surface area contributed by atoms with Crippen LogP contribution in [0.25, 0.3) is 0 Å². The van der Waals surface area contributed by atoms with Crippen molar-refractivity contribution in [2.24, 2.45) is 0 Å². The van der Waals surface area contributed by atoms with Crippen LogP contribution in [0, 0.1) is 0 Å². The second kappa shape index (κ2) is 5.36. The maximum absolute atomic E-state index is 12.2. The fourth-order valence-corrected chi connectivity index (χ4v) is 2.37. The molecule has 1 aliphatic heterocycles. The molecule has 1 amide bonds. The van der Waals surface area contributed by atoms with Crippen molar-refractivity contribution in [2.75, 3.05) is 6.61 Å². The molecular weight excluding hydrogens is 254 g/mol. The zero-order valence-corrected chi connectivity index (χ0v) is 11.4. The van der Waals surface area contributed by atoms with E-state index in [4.69, 9.17) is 4.74 Å². The molecule has 1 aromatic heterocycles. The van der Waals surface area contributed by atoms with Crippen molar-refractivity contribution in [3.05, 3.63) is 47.8 Å². The highest BCUT2D eigenvalue weighted by Crippen LogP contribution is 2.25. The Kier molecular flexibility index (Phi) is 3.41. The quantitative estimate of drug-likeness (QED) is 0.919. The van der Waals surface area contributed by atoms with Crippen molar-refractivity contribution in [2.45, 2.75) is 25.9 Å². The highest BCUT2D eigenvalue weighted by atomic mass is 16.5. The first kappa shape index (κ1) is 12.7. The third-order valence-electron chi connectivity index (χ3n) is 3.35. The van der Waals surface area contributed by atoms with Crippen molar-refractivity contribution in [3.8, 4) is 5.75 Å². The van der Waals surface area contributed by atoms with Crippen molar-refractivity contribution in [1.29, 1.82) is 0 Å². The number of carbonyl (C=O) groups is 1. The van der Waals surface area contributed by atoms with Crippen LogP contribution in [0.3, 0.4) is 0 Å².